The molecule has 0 aliphatic heterocycles. The van der Waals surface area contributed by atoms with Crippen LogP contribution in [-0.4, -0.2) is 27.6 Å². The number of carbonyl (C=O) groups is 1. The third-order valence-electron chi connectivity index (χ3n) is 2.56. The lowest BCUT2D eigenvalue weighted by atomic mass is 10.2. The van der Waals surface area contributed by atoms with Crippen LogP contribution in [-0.2, 0) is 7.05 Å². The maximum atomic E-state index is 11.9. The number of aromatic nitrogens is 2. The Labute approximate surface area is 101 Å². The van der Waals surface area contributed by atoms with E-state index in [1.54, 1.807) is 4.68 Å². The molecule has 5 heteroatoms. The van der Waals surface area contributed by atoms with Gasteiger partial charge in [-0.05, 0) is 27.2 Å². The van der Waals surface area contributed by atoms with E-state index in [1.165, 1.54) is 0 Å². The van der Waals surface area contributed by atoms with E-state index >= 15 is 0 Å². The fraction of sp³-hybridized carbons (Fsp3) is 0.636. The summed E-state index contributed by atoms with van der Waals surface area (Å²) in [5.74, 6) is -0.0691. The molecule has 1 aromatic rings. The molecule has 1 unspecified atom stereocenters. The summed E-state index contributed by atoms with van der Waals surface area (Å²) in [6, 6.07) is 0. The summed E-state index contributed by atoms with van der Waals surface area (Å²) in [6.45, 7) is 6.23. The number of amides is 1. The SMILES string of the molecule is Cc1nn(C)c(C)c1C(=O)NCCC(C)Cl. The largest absolute Gasteiger partial charge is 0.352 e. The molecule has 90 valence electrons. The zero-order valence-corrected chi connectivity index (χ0v) is 10.9. The van der Waals surface area contributed by atoms with Crippen LogP contribution in [0.1, 0.15) is 35.1 Å². The zero-order chi connectivity index (χ0) is 12.3. The average molecular weight is 244 g/mol. The average Bonchev–Trinajstić information content (AvgIpc) is 2.40. The van der Waals surface area contributed by atoms with Gasteiger partial charge in [-0.2, -0.15) is 5.10 Å². The Morgan fingerprint density at radius 1 is 1.56 bits per heavy atom. The monoisotopic (exact) mass is 243 g/mol. The minimum atomic E-state index is -0.0691. The molecule has 1 rings (SSSR count). The van der Waals surface area contributed by atoms with Gasteiger partial charge in [-0.1, -0.05) is 0 Å². The number of alkyl halides is 1. The van der Waals surface area contributed by atoms with Crippen molar-refractivity contribution in [1.82, 2.24) is 15.1 Å². The van der Waals surface area contributed by atoms with Crippen LogP contribution in [0.15, 0.2) is 0 Å². The van der Waals surface area contributed by atoms with Crippen molar-refractivity contribution in [2.75, 3.05) is 6.54 Å². The molecule has 1 N–H and O–H groups in total. The third-order valence-corrected chi connectivity index (χ3v) is 2.78. The summed E-state index contributed by atoms with van der Waals surface area (Å²) in [5.41, 5.74) is 2.31. The van der Waals surface area contributed by atoms with Crippen molar-refractivity contribution in [2.24, 2.45) is 7.05 Å². The number of hydrogen-bond acceptors (Lipinski definition) is 2. The van der Waals surface area contributed by atoms with Gasteiger partial charge in [-0.3, -0.25) is 9.48 Å². The summed E-state index contributed by atoms with van der Waals surface area (Å²) < 4.78 is 1.72. The van der Waals surface area contributed by atoms with Crippen molar-refractivity contribution in [3.8, 4) is 0 Å². The van der Waals surface area contributed by atoms with E-state index in [-0.39, 0.29) is 11.3 Å². The molecule has 0 aliphatic carbocycles. The predicted octanol–water partition coefficient (Wildman–Crippen LogP) is 1.78. The summed E-state index contributed by atoms with van der Waals surface area (Å²) in [5, 5.41) is 7.13. The maximum absolute atomic E-state index is 11.9. The molecule has 0 spiro atoms. The highest BCUT2D eigenvalue weighted by molar-refractivity contribution is 6.20. The predicted molar refractivity (Wildman–Crippen MR) is 64.9 cm³/mol. The van der Waals surface area contributed by atoms with Gasteiger partial charge in [0.2, 0.25) is 0 Å². The first-order chi connectivity index (χ1) is 7.43. The number of halogens is 1. The summed E-state index contributed by atoms with van der Waals surface area (Å²) >= 11 is 5.81. The van der Waals surface area contributed by atoms with E-state index in [0.717, 1.165) is 17.8 Å². The van der Waals surface area contributed by atoms with Gasteiger partial charge >= 0.3 is 0 Å². The fourth-order valence-electron chi connectivity index (χ4n) is 1.58. The molecule has 1 atom stereocenters. The maximum Gasteiger partial charge on any atom is 0.255 e. The van der Waals surface area contributed by atoms with Gasteiger partial charge in [0.25, 0.3) is 5.91 Å². The molecule has 1 aromatic heterocycles. The molecule has 4 nitrogen and oxygen atoms in total. The van der Waals surface area contributed by atoms with Crippen molar-refractivity contribution < 1.29 is 4.79 Å². The van der Waals surface area contributed by atoms with Gasteiger partial charge in [-0.15, -0.1) is 11.6 Å². The second-order valence-corrected chi connectivity index (χ2v) is 4.74. The van der Waals surface area contributed by atoms with Crippen LogP contribution in [0.2, 0.25) is 0 Å². The van der Waals surface area contributed by atoms with Crippen LogP contribution in [0.5, 0.6) is 0 Å². The highest BCUT2D eigenvalue weighted by Crippen LogP contribution is 2.11. The summed E-state index contributed by atoms with van der Waals surface area (Å²) in [4.78, 5) is 11.9. The number of nitrogens with zero attached hydrogens (tertiary/aromatic N) is 2. The van der Waals surface area contributed by atoms with Crippen molar-refractivity contribution in [3.05, 3.63) is 17.0 Å². The number of hydrogen-bond donors (Lipinski definition) is 1. The minimum absolute atomic E-state index is 0.0691. The molecule has 0 radical (unpaired) electrons. The first-order valence-corrected chi connectivity index (χ1v) is 5.79. The summed E-state index contributed by atoms with van der Waals surface area (Å²) in [7, 11) is 1.83. The first kappa shape index (κ1) is 13.0. The molecule has 1 amide bonds. The van der Waals surface area contributed by atoms with Gasteiger partial charge in [0, 0.05) is 24.7 Å². The highest BCUT2D eigenvalue weighted by atomic mass is 35.5. The molecular weight excluding hydrogens is 226 g/mol. The molecule has 0 aromatic carbocycles. The second kappa shape index (κ2) is 5.34. The Kier molecular flexibility index (Phi) is 4.35. The third kappa shape index (κ3) is 2.98. The molecule has 0 saturated carbocycles. The smallest absolute Gasteiger partial charge is 0.255 e. The highest BCUT2D eigenvalue weighted by Gasteiger charge is 2.16. The van der Waals surface area contributed by atoms with Crippen molar-refractivity contribution in [2.45, 2.75) is 32.6 Å². The van der Waals surface area contributed by atoms with Crippen molar-refractivity contribution in [1.29, 1.82) is 0 Å². The fourth-order valence-corrected chi connectivity index (χ4v) is 1.68. The van der Waals surface area contributed by atoms with E-state index in [2.05, 4.69) is 10.4 Å². The number of rotatable bonds is 4. The van der Waals surface area contributed by atoms with Gasteiger partial charge in [0.05, 0.1) is 11.3 Å². The zero-order valence-electron chi connectivity index (χ0n) is 10.2. The molecule has 0 aliphatic rings. The van der Waals surface area contributed by atoms with Crippen molar-refractivity contribution >= 4 is 17.5 Å². The van der Waals surface area contributed by atoms with E-state index in [4.69, 9.17) is 11.6 Å². The van der Waals surface area contributed by atoms with Crippen LogP contribution >= 0.6 is 11.6 Å². The molecule has 0 fully saturated rings. The van der Waals surface area contributed by atoms with Gasteiger partial charge < -0.3 is 5.32 Å². The van der Waals surface area contributed by atoms with Gasteiger partial charge in [0.15, 0.2) is 0 Å². The van der Waals surface area contributed by atoms with E-state index in [9.17, 15) is 4.79 Å². The quantitative estimate of drug-likeness (QED) is 0.820. The Bertz CT molecular complexity index is 385. The minimum Gasteiger partial charge on any atom is -0.352 e. The van der Waals surface area contributed by atoms with Crippen LogP contribution < -0.4 is 5.32 Å². The standard InChI is InChI=1S/C11H18ClN3O/c1-7(12)5-6-13-11(16)10-8(2)14-15(4)9(10)3/h7H,5-6H2,1-4H3,(H,13,16). The second-order valence-electron chi connectivity index (χ2n) is 3.99. The van der Waals surface area contributed by atoms with Gasteiger partial charge in [0.1, 0.15) is 0 Å². The Hall–Kier alpha value is -1.03. The van der Waals surface area contributed by atoms with E-state index in [0.29, 0.717) is 12.1 Å². The lowest BCUT2D eigenvalue weighted by Gasteiger charge is -2.06. The first-order valence-electron chi connectivity index (χ1n) is 5.36. The van der Waals surface area contributed by atoms with Crippen LogP contribution in [0.3, 0.4) is 0 Å². The summed E-state index contributed by atoms with van der Waals surface area (Å²) in [6.07, 6.45) is 0.769. The van der Waals surface area contributed by atoms with Gasteiger partial charge in [-0.25, -0.2) is 0 Å². The van der Waals surface area contributed by atoms with Crippen LogP contribution in [0.4, 0.5) is 0 Å². The van der Waals surface area contributed by atoms with Crippen LogP contribution in [0.25, 0.3) is 0 Å². The van der Waals surface area contributed by atoms with Crippen molar-refractivity contribution in [3.63, 3.8) is 0 Å². The topological polar surface area (TPSA) is 46.9 Å². The van der Waals surface area contributed by atoms with E-state index < -0.39 is 0 Å². The lowest BCUT2D eigenvalue weighted by molar-refractivity contribution is 0.0952. The Morgan fingerprint density at radius 2 is 2.19 bits per heavy atom. The normalized spacial score (nSPS) is 12.6. The molecule has 0 bridgehead atoms. The molecular formula is C11H18ClN3O. The Balaban J connectivity index is 2.66. The molecule has 0 saturated heterocycles. The Morgan fingerprint density at radius 3 is 2.62 bits per heavy atom. The number of aryl methyl sites for hydroxylation is 2. The lowest BCUT2D eigenvalue weighted by Crippen LogP contribution is -2.26. The van der Waals surface area contributed by atoms with Crippen LogP contribution in [0, 0.1) is 13.8 Å². The molecule has 16 heavy (non-hydrogen) atoms. The molecule has 1 heterocycles. The van der Waals surface area contributed by atoms with E-state index in [1.807, 2.05) is 27.8 Å². The number of nitrogens with one attached hydrogen (secondary N) is 1. The number of carbonyl (C=O) groups excluding carboxylic acids is 1.